The third-order valence-corrected chi connectivity index (χ3v) is 6.70. The van der Waals surface area contributed by atoms with E-state index >= 15 is 0 Å². The number of thiazole rings is 1. The molecule has 0 atom stereocenters. The number of hydrogen-bond donors (Lipinski definition) is 0. The zero-order valence-corrected chi connectivity index (χ0v) is 19.2. The number of anilines is 1. The van der Waals surface area contributed by atoms with E-state index in [0.717, 1.165) is 34.3 Å². The monoisotopic (exact) mass is 470 g/mol. The fraction of sp³-hybridized carbons (Fsp3) is 0.174. The molecule has 0 unspecified atom stereocenters. The Bertz CT molecular complexity index is 1230. The Morgan fingerprint density at radius 1 is 1.19 bits per heavy atom. The van der Waals surface area contributed by atoms with Crippen LogP contribution in [0.25, 0.3) is 16.3 Å². The van der Waals surface area contributed by atoms with E-state index < -0.39 is 0 Å². The van der Waals surface area contributed by atoms with Crippen LogP contribution >= 0.6 is 34.5 Å². The Hall–Kier alpha value is -2.67. The lowest BCUT2D eigenvalue weighted by molar-refractivity contribution is -0.114. The Labute approximate surface area is 194 Å². The number of benzene rings is 2. The van der Waals surface area contributed by atoms with Crippen molar-refractivity contribution in [2.24, 2.45) is 0 Å². The van der Waals surface area contributed by atoms with Crippen molar-refractivity contribution in [3.05, 3.63) is 82.4 Å². The van der Waals surface area contributed by atoms with Crippen LogP contribution in [0, 0.1) is 6.92 Å². The van der Waals surface area contributed by atoms with Crippen LogP contribution in [0.1, 0.15) is 17.5 Å². The number of rotatable bonds is 7. The van der Waals surface area contributed by atoms with E-state index in [1.165, 1.54) is 11.3 Å². The number of aryl methyl sites for hydroxylation is 2. The molecule has 0 radical (unpaired) electrons. The largest absolute Gasteiger partial charge is 0.337 e. The van der Waals surface area contributed by atoms with Gasteiger partial charge in [0.15, 0.2) is 5.13 Å². The van der Waals surface area contributed by atoms with Gasteiger partial charge < -0.3 is 4.57 Å². The SMILES string of the molecule is Cc1c(Cl)ccc2sc(N(CCCn3ccnc3)C(=O)/C=C/c3ccccc3Cl)nc12. The van der Waals surface area contributed by atoms with Crippen LogP contribution in [-0.4, -0.2) is 27.0 Å². The normalized spacial score (nSPS) is 11.5. The van der Waals surface area contributed by atoms with E-state index in [-0.39, 0.29) is 5.91 Å². The molecule has 4 rings (SSSR count). The van der Waals surface area contributed by atoms with E-state index in [9.17, 15) is 4.79 Å². The zero-order valence-electron chi connectivity index (χ0n) is 16.8. The summed E-state index contributed by atoms with van der Waals surface area (Å²) in [5.41, 5.74) is 2.54. The van der Waals surface area contributed by atoms with Gasteiger partial charge in [0.2, 0.25) is 0 Å². The number of amides is 1. The summed E-state index contributed by atoms with van der Waals surface area (Å²) in [6.45, 7) is 3.22. The Morgan fingerprint density at radius 3 is 2.81 bits per heavy atom. The lowest BCUT2D eigenvalue weighted by Gasteiger charge is -2.18. The summed E-state index contributed by atoms with van der Waals surface area (Å²) in [4.78, 5) is 23.7. The average molecular weight is 471 g/mol. The third-order valence-electron chi connectivity index (χ3n) is 4.90. The summed E-state index contributed by atoms with van der Waals surface area (Å²) < 4.78 is 2.99. The van der Waals surface area contributed by atoms with Gasteiger partial charge in [0.05, 0.1) is 16.5 Å². The summed E-state index contributed by atoms with van der Waals surface area (Å²) in [5.74, 6) is -0.145. The highest BCUT2D eigenvalue weighted by Crippen LogP contribution is 2.34. The Morgan fingerprint density at radius 2 is 2.03 bits per heavy atom. The maximum absolute atomic E-state index is 13.2. The van der Waals surface area contributed by atoms with E-state index in [2.05, 4.69) is 4.98 Å². The van der Waals surface area contributed by atoms with Crippen LogP contribution < -0.4 is 4.90 Å². The molecule has 0 spiro atoms. The highest BCUT2D eigenvalue weighted by molar-refractivity contribution is 7.22. The van der Waals surface area contributed by atoms with Crippen molar-refractivity contribution in [1.29, 1.82) is 0 Å². The predicted octanol–water partition coefficient (Wildman–Crippen LogP) is 6.24. The Kier molecular flexibility index (Phi) is 6.70. The smallest absolute Gasteiger partial charge is 0.252 e. The standard InChI is InChI=1S/C23H20Cl2N4OS/c1-16-18(24)8-9-20-22(16)27-23(31-20)29(13-4-12-28-14-11-26-15-28)21(30)10-7-17-5-2-3-6-19(17)25/h2-3,5-11,14-15H,4,12-13H2,1H3/b10-7+. The summed E-state index contributed by atoms with van der Waals surface area (Å²) >= 11 is 14.0. The molecule has 0 bridgehead atoms. The van der Waals surface area contributed by atoms with Crippen LogP contribution in [0.4, 0.5) is 5.13 Å². The minimum atomic E-state index is -0.145. The molecule has 4 aromatic rings. The number of nitrogens with zero attached hydrogens (tertiary/aromatic N) is 4. The topological polar surface area (TPSA) is 51.0 Å². The van der Waals surface area contributed by atoms with Crippen molar-refractivity contribution in [3.8, 4) is 0 Å². The summed E-state index contributed by atoms with van der Waals surface area (Å²) in [6, 6.07) is 11.2. The van der Waals surface area contributed by atoms with Gasteiger partial charge in [0, 0.05) is 41.6 Å². The number of hydrogen-bond acceptors (Lipinski definition) is 4. The number of imidazole rings is 1. The van der Waals surface area contributed by atoms with Gasteiger partial charge in [-0.3, -0.25) is 9.69 Å². The second-order valence-corrected chi connectivity index (χ2v) is 8.84. The lowest BCUT2D eigenvalue weighted by Crippen LogP contribution is -2.30. The molecule has 0 aliphatic carbocycles. The molecule has 8 heteroatoms. The van der Waals surface area contributed by atoms with Gasteiger partial charge in [-0.05, 0) is 48.7 Å². The zero-order chi connectivity index (χ0) is 21.8. The fourth-order valence-corrected chi connectivity index (χ4v) is 4.60. The van der Waals surface area contributed by atoms with Crippen molar-refractivity contribution in [2.45, 2.75) is 19.9 Å². The number of aromatic nitrogens is 3. The maximum Gasteiger partial charge on any atom is 0.252 e. The van der Waals surface area contributed by atoms with Gasteiger partial charge in [0.1, 0.15) is 0 Å². The maximum atomic E-state index is 13.2. The van der Waals surface area contributed by atoms with E-state index in [1.54, 1.807) is 35.6 Å². The predicted molar refractivity (Wildman–Crippen MR) is 129 cm³/mol. The van der Waals surface area contributed by atoms with Crippen molar-refractivity contribution >= 4 is 61.9 Å². The van der Waals surface area contributed by atoms with Crippen molar-refractivity contribution in [2.75, 3.05) is 11.4 Å². The van der Waals surface area contributed by atoms with E-state index in [1.807, 2.05) is 48.0 Å². The molecule has 5 nitrogen and oxygen atoms in total. The third kappa shape index (κ3) is 4.98. The first-order valence-electron chi connectivity index (χ1n) is 9.78. The molecule has 0 saturated heterocycles. The average Bonchev–Trinajstić information content (AvgIpc) is 3.43. The first kappa shape index (κ1) is 21.6. The molecule has 0 saturated carbocycles. The number of fused-ring (bicyclic) bond motifs is 1. The number of carbonyl (C=O) groups is 1. The first-order chi connectivity index (χ1) is 15.0. The molecule has 158 valence electrons. The minimum absolute atomic E-state index is 0.145. The van der Waals surface area contributed by atoms with Gasteiger partial charge in [-0.2, -0.15) is 0 Å². The number of halogens is 2. The van der Waals surface area contributed by atoms with Crippen LogP contribution in [-0.2, 0) is 11.3 Å². The van der Waals surface area contributed by atoms with Crippen LogP contribution in [0.2, 0.25) is 10.0 Å². The summed E-state index contributed by atoms with van der Waals surface area (Å²) in [6.07, 6.45) is 9.47. The van der Waals surface area contributed by atoms with Crippen LogP contribution in [0.15, 0.2) is 61.2 Å². The second kappa shape index (κ2) is 9.64. The molecule has 31 heavy (non-hydrogen) atoms. The fourth-order valence-electron chi connectivity index (χ4n) is 3.20. The molecule has 2 aromatic carbocycles. The molecular weight excluding hydrogens is 451 g/mol. The quantitative estimate of drug-likeness (QED) is 0.300. The van der Waals surface area contributed by atoms with Gasteiger partial charge in [-0.1, -0.05) is 52.7 Å². The molecular formula is C23H20Cl2N4OS. The van der Waals surface area contributed by atoms with Gasteiger partial charge >= 0.3 is 0 Å². The molecule has 2 aromatic heterocycles. The first-order valence-corrected chi connectivity index (χ1v) is 11.4. The van der Waals surface area contributed by atoms with Crippen molar-refractivity contribution in [1.82, 2.24) is 14.5 Å². The van der Waals surface area contributed by atoms with Gasteiger partial charge in [0.25, 0.3) is 5.91 Å². The van der Waals surface area contributed by atoms with E-state index in [4.69, 9.17) is 28.2 Å². The molecule has 0 aliphatic rings. The molecule has 0 fully saturated rings. The molecule has 2 heterocycles. The highest BCUT2D eigenvalue weighted by atomic mass is 35.5. The number of carbonyl (C=O) groups excluding carboxylic acids is 1. The van der Waals surface area contributed by atoms with Crippen molar-refractivity contribution in [3.63, 3.8) is 0 Å². The van der Waals surface area contributed by atoms with Crippen molar-refractivity contribution < 1.29 is 4.79 Å². The minimum Gasteiger partial charge on any atom is -0.337 e. The second-order valence-electron chi connectivity index (χ2n) is 7.01. The Balaban J connectivity index is 1.61. The molecule has 0 aliphatic heterocycles. The lowest BCUT2D eigenvalue weighted by atomic mass is 10.2. The highest BCUT2D eigenvalue weighted by Gasteiger charge is 2.19. The van der Waals surface area contributed by atoms with E-state index in [0.29, 0.717) is 21.7 Å². The van der Waals surface area contributed by atoms with Gasteiger partial charge in [-0.25, -0.2) is 9.97 Å². The summed E-state index contributed by atoms with van der Waals surface area (Å²) in [5, 5.41) is 1.92. The molecule has 1 amide bonds. The van der Waals surface area contributed by atoms with Crippen LogP contribution in [0.3, 0.4) is 0 Å². The van der Waals surface area contributed by atoms with Gasteiger partial charge in [-0.15, -0.1) is 0 Å². The summed E-state index contributed by atoms with van der Waals surface area (Å²) in [7, 11) is 0. The van der Waals surface area contributed by atoms with Crippen LogP contribution in [0.5, 0.6) is 0 Å². The molecule has 0 N–H and O–H groups in total.